The van der Waals surface area contributed by atoms with Gasteiger partial charge >= 0.3 is 0 Å². The van der Waals surface area contributed by atoms with Crippen molar-refractivity contribution in [1.29, 1.82) is 0 Å². The standard InChI is InChI=1S/C14H20/c1-5-13-10(3)8-9(2)11(4)14(13)12-6-7-12/h8,12H,5-7H2,1-4H3. The van der Waals surface area contributed by atoms with E-state index in [2.05, 4.69) is 33.8 Å². The van der Waals surface area contributed by atoms with Gasteiger partial charge in [-0.15, -0.1) is 0 Å². The SMILES string of the molecule is CCc1c(C)cc(C)c(C)c1C1CC1. The maximum absolute atomic E-state index is 2.35. The molecule has 0 bridgehead atoms. The van der Waals surface area contributed by atoms with E-state index in [1.54, 1.807) is 16.7 Å². The molecule has 0 amide bonds. The molecule has 1 aliphatic rings. The number of benzene rings is 1. The van der Waals surface area contributed by atoms with E-state index in [9.17, 15) is 0 Å². The Balaban J connectivity index is 2.61. The molecule has 1 aromatic rings. The molecule has 0 N–H and O–H groups in total. The van der Waals surface area contributed by atoms with Crippen LogP contribution in [0.4, 0.5) is 0 Å². The Hall–Kier alpha value is -0.780. The van der Waals surface area contributed by atoms with Crippen molar-refractivity contribution >= 4 is 0 Å². The minimum atomic E-state index is 0.892. The van der Waals surface area contributed by atoms with Crippen LogP contribution in [-0.4, -0.2) is 0 Å². The molecule has 0 radical (unpaired) electrons. The van der Waals surface area contributed by atoms with Crippen LogP contribution in [0.2, 0.25) is 0 Å². The highest BCUT2D eigenvalue weighted by molar-refractivity contribution is 5.48. The van der Waals surface area contributed by atoms with Crippen LogP contribution < -0.4 is 0 Å². The number of hydrogen-bond donors (Lipinski definition) is 0. The third-order valence-electron chi connectivity index (χ3n) is 3.57. The molecule has 1 saturated carbocycles. The largest absolute Gasteiger partial charge is 0.0613 e. The summed E-state index contributed by atoms with van der Waals surface area (Å²) in [5.74, 6) is 0.892. The lowest BCUT2D eigenvalue weighted by Gasteiger charge is -2.16. The van der Waals surface area contributed by atoms with E-state index in [4.69, 9.17) is 0 Å². The zero-order valence-electron chi connectivity index (χ0n) is 9.78. The average Bonchev–Trinajstić information content (AvgIpc) is 2.94. The summed E-state index contributed by atoms with van der Waals surface area (Å²) in [6.45, 7) is 9.08. The summed E-state index contributed by atoms with van der Waals surface area (Å²) in [6.07, 6.45) is 4.02. The molecule has 0 heteroatoms. The summed E-state index contributed by atoms with van der Waals surface area (Å²) >= 11 is 0. The Morgan fingerprint density at radius 3 is 2.29 bits per heavy atom. The van der Waals surface area contributed by atoms with Gasteiger partial charge in [0.1, 0.15) is 0 Å². The summed E-state index contributed by atoms with van der Waals surface area (Å²) < 4.78 is 0. The number of hydrogen-bond acceptors (Lipinski definition) is 0. The van der Waals surface area contributed by atoms with E-state index in [-0.39, 0.29) is 0 Å². The van der Waals surface area contributed by atoms with E-state index < -0.39 is 0 Å². The maximum Gasteiger partial charge on any atom is -0.0156 e. The fraction of sp³-hybridized carbons (Fsp3) is 0.571. The van der Waals surface area contributed by atoms with Gasteiger partial charge in [0.25, 0.3) is 0 Å². The van der Waals surface area contributed by atoms with Gasteiger partial charge in [-0.05, 0) is 73.8 Å². The first-order valence-electron chi connectivity index (χ1n) is 5.74. The van der Waals surface area contributed by atoms with Crippen molar-refractivity contribution in [2.24, 2.45) is 0 Å². The van der Waals surface area contributed by atoms with Crippen LogP contribution in [0.25, 0.3) is 0 Å². The van der Waals surface area contributed by atoms with Gasteiger partial charge in [0.2, 0.25) is 0 Å². The zero-order chi connectivity index (χ0) is 10.3. The van der Waals surface area contributed by atoms with Crippen LogP contribution in [-0.2, 0) is 6.42 Å². The minimum Gasteiger partial charge on any atom is -0.0613 e. The fourth-order valence-corrected chi connectivity index (χ4v) is 2.57. The van der Waals surface area contributed by atoms with Gasteiger partial charge in [-0.2, -0.15) is 0 Å². The van der Waals surface area contributed by atoms with Gasteiger partial charge in [-0.25, -0.2) is 0 Å². The van der Waals surface area contributed by atoms with Gasteiger partial charge in [0.15, 0.2) is 0 Å². The number of aryl methyl sites for hydroxylation is 2. The lowest BCUT2D eigenvalue weighted by Crippen LogP contribution is -2.00. The molecule has 14 heavy (non-hydrogen) atoms. The second-order valence-electron chi connectivity index (χ2n) is 4.66. The van der Waals surface area contributed by atoms with Crippen LogP contribution in [0.15, 0.2) is 6.07 Å². The highest BCUT2D eigenvalue weighted by Crippen LogP contribution is 2.44. The van der Waals surface area contributed by atoms with E-state index in [0.717, 1.165) is 5.92 Å². The van der Waals surface area contributed by atoms with Crippen molar-refractivity contribution in [2.45, 2.75) is 52.9 Å². The predicted octanol–water partition coefficient (Wildman–Crippen LogP) is 4.05. The monoisotopic (exact) mass is 188 g/mol. The summed E-state index contributed by atoms with van der Waals surface area (Å²) in [6, 6.07) is 2.35. The lowest BCUT2D eigenvalue weighted by molar-refractivity contribution is 0.982. The second-order valence-corrected chi connectivity index (χ2v) is 4.66. The van der Waals surface area contributed by atoms with E-state index in [1.165, 1.54) is 30.4 Å². The van der Waals surface area contributed by atoms with E-state index in [0.29, 0.717) is 0 Å². The molecule has 76 valence electrons. The third-order valence-corrected chi connectivity index (χ3v) is 3.57. The molecule has 0 unspecified atom stereocenters. The molecule has 0 atom stereocenters. The Morgan fingerprint density at radius 2 is 1.79 bits per heavy atom. The molecule has 0 nitrogen and oxygen atoms in total. The first-order chi connectivity index (χ1) is 6.65. The first kappa shape index (κ1) is 9.76. The quantitative estimate of drug-likeness (QED) is 0.656. The molecule has 1 aromatic carbocycles. The van der Waals surface area contributed by atoms with Gasteiger partial charge in [0.05, 0.1) is 0 Å². The normalized spacial score (nSPS) is 16.0. The predicted molar refractivity (Wildman–Crippen MR) is 62.0 cm³/mol. The summed E-state index contributed by atoms with van der Waals surface area (Å²) in [7, 11) is 0. The van der Waals surface area contributed by atoms with Crippen molar-refractivity contribution in [2.75, 3.05) is 0 Å². The van der Waals surface area contributed by atoms with Crippen molar-refractivity contribution in [3.63, 3.8) is 0 Å². The first-order valence-corrected chi connectivity index (χ1v) is 5.74. The van der Waals surface area contributed by atoms with Crippen LogP contribution in [0.5, 0.6) is 0 Å². The molecule has 1 aliphatic carbocycles. The fourth-order valence-electron chi connectivity index (χ4n) is 2.57. The highest BCUT2D eigenvalue weighted by Gasteiger charge is 2.28. The van der Waals surface area contributed by atoms with Gasteiger partial charge < -0.3 is 0 Å². The molecule has 0 aromatic heterocycles. The Bertz CT molecular complexity index is 357. The smallest absolute Gasteiger partial charge is 0.0156 e. The van der Waals surface area contributed by atoms with Crippen LogP contribution in [0.1, 0.15) is 53.5 Å². The summed E-state index contributed by atoms with van der Waals surface area (Å²) in [5.41, 5.74) is 7.83. The van der Waals surface area contributed by atoms with E-state index in [1.807, 2.05) is 0 Å². The van der Waals surface area contributed by atoms with Crippen molar-refractivity contribution in [3.05, 3.63) is 33.9 Å². The molecule has 0 spiro atoms. The molecular formula is C14H20. The topological polar surface area (TPSA) is 0 Å². The van der Waals surface area contributed by atoms with Crippen molar-refractivity contribution < 1.29 is 0 Å². The third kappa shape index (κ3) is 1.47. The van der Waals surface area contributed by atoms with Crippen LogP contribution in [0.3, 0.4) is 0 Å². The lowest BCUT2D eigenvalue weighted by atomic mass is 9.89. The van der Waals surface area contributed by atoms with Crippen LogP contribution >= 0.6 is 0 Å². The molecule has 1 fully saturated rings. The van der Waals surface area contributed by atoms with Gasteiger partial charge in [-0.3, -0.25) is 0 Å². The Labute approximate surface area is 87.3 Å². The average molecular weight is 188 g/mol. The Kier molecular flexibility index (Phi) is 2.38. The molecule has 2 rings (SSSR count). The molecular weight excluding hydrogens is 168 g/mol. The van der Waals surface area contributed by atoms with E-state index >= 15 is 0 Å². The summed E-state index contributed by atoms with van der Waals surface area (Å²) in [4.78, 5) is 0. The minimum absolute atomic E-state index is 0.892. The van der Waals surface area contributed by atoms with Gasteiger partial charge in [-0.1, -0.05) is 13.0 Å². The van der Waals surface area contributed by atoms with Crippen molar-refractivity contribution in [3.8, 4) is 0 Å². The molecule has 0 saturated heterocycles. The van der Waals surface area contributed by atoms with Gasteiger partial charge in [0, 0.05) is 0 Å². The number of rotatable bonds is 2. The molecule has 0 aliphatic heterocycles. The second kappa shape index (κ2) is 3.42. The highest BCUT2D eigenvalue weighted by atomic mass is 14.3. The maximum atomic E-state index is 2.35. The van der Waals surface area contributed by atoms with Crippen LogP contribution in [0, 0.1) is 20.8 Å². The Morgan fingerprint density at radius 1 is 1.14 bits per heavy atom. The zero-order valence-corrected chi connectivity index (χ0v) is 9.78. The van der Waals surface area contributed by atoms with Crippen molar-refractivity contribution in [1.82, 2.24) is 0 Å². The molecule has 0 heterocycles. The summed E-state index contributed by atoms with van der Waals surface area (Å²) in [5, 5.41) is 0.